The molecular weight excluding hydrogens is 421 g/mol. The maximum Gasteiger partial charge on any atom is 0.324 e. The summed E-state index contributed by atoms with van der Waals surface area (Å²) in [7, 11) is 1.60. The molecule has 1 saturated heterocycles. The molecular formula is C26H26FN3O3. The molecule has 0 unspecified atom stereocenters. The van der Waals surface area contributed by atoms with Crippen LogP contribution in [0.1, 0.15) is 17.5 Å². The third-order valence-electron chi connectivity index (χ3n) is 5.60. The van der Waals surface area contributed by atoms with Crippen molar-refractivity contribution in [2.75, 3.05) is 30.4 Å². The van der Waals surface area contributed by atoms with Crippen molar-refractivity contribution in [2.24, 2.45) is 0 Å². The first kappa shape index (κ1) is 22.3. The molecule has 0 radical (unpaired) electrons. The lowest BCUT2D eigenvalue weighted by molar-refractivity contribution is -0.115. The van der Waals surface area contributed by atoms with E-state index in [1.54, 1.807) is 53.3 Å². The van der Waals surface area contributed by atoms with Crippen LogP contribution in [0.4, 0.5) is 20.6 Å². The number of carbonyl (C=O) groups is 2. The zero-order valence-electron chi connectivity index (χ0n) is 18.5. The molecule has 0 aliphatic carbocycles. The van der Waals surface area contributed by atoms with E-state index in [-0.39, 0.29) is 30.7 Å². The van der Waals surface area contributed by atoms with Gasteiger partial charge in [-0.1, -0.05) is 36.4 Å². The normalized spacial score (nSPS) is 13.7. The fourth-order valence-corrected chi connectivity index (χ4v) is 3.89. The number of ether oxygens (including phenoxy) is 1. The summed E-state index contributed by atoms with van der Waals surface area (Å²) < 4.78 is 19.2. The third-order valence-corrected chi connectivity index (χ3v) is 5.60. The summed E-state index contributed by atoms with van der Waals surface area (Å²) in [5.41, 5.74) is 2.68. The highest BCUT2D eigenvalue weighted by Crippen LogP contribution is 2.25. The van der Waals surface area contributed by atoms with Crippen LogP contribution in [-0.4, -0.2) is 37.0 Å². The van der Waals surface area contributed by atoms with Crippen molar-refractivity contribution < 1.29 is 18.7 Å². The molecule has 3 amide bonds. The van der Waals surface area contributed by atoms with Crippen molar-refractivity contribution in [1.82, 2.24) is 4.90 Å². The van der Waals surface area contributed by atoms with E-state index in [1.807, 2.05) is 30.3 Å². The number of hydrogen-bond acceptors (Lipinski definition) is 3. The molecule has 1 heterocycles. The molecule has 0 aromatic heterocycles. The molecule has 4 rings (SSSR count). The zero-order chi connectivity index (χ0) is 23.2. The highest BCUT2D eigenvalue weighted by molar-refractivity contribution is 5.95. The number of carbonyl (C=O) groups excluding carboxylic acids is 2. The molecule has 1 N–H and O–H groups in total. The van der Waals surface area contributed by atoms with Crippen molar-refractivity contribution >= 4 is 23.3 Å². The van der Waals surface area contributed by atoms with E-state index in [4.69, 9.17) is 4.74 Å². The quantitative estimate of drug-likeness (QED) is 0.563. The number of nitrogens with zero attached hydrogens (tertiary/aromatic N) is 2. The second-order valence-corrected chi connectivity index (χ2v) is 7.92. The molecule has 0 bridgehead atoms. The molecule has 7 heteroatoms. The Labute approximate surface area is 192 Å². The first-order valence-electron chi connectivity index (χ1n) is 10.9. The maximum absolute atomic E-state index is 14.1. The predicted octanol–water partition coefficient (Wildman–Crippen LogP) is 4.85. The SMILES string of the molecule is COc1ccc(CC(=O)Nc2cccc(N3CCCN(Cc4ccccc4F)C3=O)c2)cc1. The number of halogens is 1. The van der Waals surface area contributed by atoms with Crippen LogP contribution in [0.25, 0.3) is 0 Å². The maximum atomic E-state index is 14.1. The van der Waals surface area contributed by atoms with Gasteiger partial charge in [0.1, 0.15) is 11.6 Å². The van der Waals surface area contributed by atoms with E-state index in [2.05, 4.69) is 5.32 Å². The van der Waals surface area contributed by atoms with E-state index < -0.39 is 0 Å². The predicted molar refractivity (Wildman–Crippen MR) is 126 cm³/mol. The Kier molecular flexibility index (Phi) is 6.88. The summed E-state index contributed by atoms with van der Waals surface area (Å²) in [6, 6.07) is 20.9. The average molecular weight is 448 g/mol. The second-order valence-electron chi connectivity index (χ2n) is 7.92. The van der Waals surface area contributed by atoms with Gasteiger partial charge in [-0.2, -0.15) is 0 Å². The van der Waals surface area contributed by atoms with Crippen LogP contribution >= 0.6 is 0 Å². The molecule has 33 heavy (non-hydrogen) atoms. The van der Waals surface area contributed by atoms with Crippen LogP contribution in [0.5, 0.6) is 5.75 Å². The number of nitrogens with one attached hydrogen (secondary N) is 1. The Bertz CT molecular complexity index is 1130. The van der Waals surface area contributed by atoms with E-state index in [1.165, 1.54) is 6.07 Å². The Balaban J connectivity index is 1.42. The van der Waals surface area contributed by atoms with E-state index in [0.29, 0.717) is 30.0 Å². The summed E-state index contributed by atoms with van der Waals surface area (Å²) in [5, 5.41) is 2.90. The number of benzene rings is 3. The van der Waals surface area contributed by atoms with Gasteiger partial charge >= 0.3 is 6.03 Å². The molecule has 3 aromatic carbocycles. The summed E-state index contributed by atoms with van der Waals surface area (Å²) >= 11 is 0. The van der Waals surface area contributed by atoms with Crippen LogP contribution in [0.2, 0.25) is 0 Å². The fourth-order valence-electron chi connectivity index (χ4n) is 3.89. The van der Waals surface area contributed by atoms with Gasteiger partial charge in [-0.05, 0) is 48.4 Å². The summed E-state index contributed by atoms with van der Waals surface area (Å²) in [5.74, 6) is 0.273. The van der Waals surface area contributed by atoms with Crippen molar-refractivity contribution in [3.8, 4) is 5.75 Å². The Morgan fingerprint density at radius 1 is 1.03 bits per heavy atom. The van der Waals surface area contributed by atoms with E-state index in [0.717, 1.165) is 17.7 Å². The van der Waals surface area contributed by atoms with Crippen molar-refractivity contribution in [3.05, 3.63) is 89.7 Å². The number of amides is 3. The molecule has 1 aliphatic rings. The summed E-state index contributed by atoms with van der Waals surface area (Å²) in [6.07, 6.45) is 1.00. The Morgan fingerprint density at radius 2 is 1.82 bits per heavy atom. The van der Waals surface area contributed by atoms with Gasteiger partial charge in [0.15, 0.2) is 0 Å². The van der Waals surface area contributed by atoms with Gasteiger partial charge in [-0.25, -0.2) is 9.18 Å². The molecule has 170 valence electrons. The molecule has 0 saturated carbocycles. The van der Waals surface area contributed by atoms with Crippen LogP contribution in [0.15, 0.2) is 72.8 Å². The topological polar surface area (TPSA) is 61.9 Å². The molecule has 3 aromatic rings. The van der Waals surface area contributed by atoms with Crippen LogP contribution < -0.4 is 15.0 Å². The molecule has 1 aliphatic heterocycles. The lowest BCUT2D eigenvalue weighted by Crippen LogP contribution is -2.49. The highest BCUT2D eigenvalue weighted by atomic mass is 19.1. The van der Waals surface area contributed by atoms with Crippen LogP contribution in [-0.2, 0) is 17.8 Å². The Hall–Kier alpha value is -3.87. The van der Waals surface area contributed by atoms with Crippen molar-refractivity contribution in [1.29, 1.82) is 0 Å². The van der Waals surface area contributed by atoms with E-state index in [9.17, 15) is 14.0 Å². The summed E-state index contributed by atoms with van der Waals surface area (Å²) in [4.78, 5) is 28.9. The number of urea groups is 1. The molecule has 6 nitrogen and oxygen atoms in total. The first-order valence-corrected chi connectivity index (χ1v) is 10.9. The minimum atomic E-state index is -0.316. The first-order chi connectivity index (χ1) is 16.0. The van der Waals surface area contributed by atoms with Gasteiger partial charge in [0.2, 0.25) is 5.91 Å². The second kappa shape index (κ2) is 10.2. The van der Waals surface area contributed by atoms with Crippen LogP contribution in [0.3, 0.4) is 0 Å². The van der Waals surface area contributed by atoms with Gasteiger partial charge in [-0.3, -0.25) is 9.69 Å². The molecule has 0 spiro atoms. The van der Waals surface area contributed by atoms with Crippen molar-refractivity contribution in [2.45, 2.75) is 19.4 Å². The highest BCUT2D eigenvalue weighted by Gasteiger charge is 2.27. The van der Waals surface area contributed by atoms with Gasteiger partial charge < -0.3 is 15.0 Å². The van der Waals surface area contributed by atoms with Gasteiger partial charge in [0, 0.05) is 30.0 Å². The number of anilines is 2. The average Bonchev–Trinajstić information content (AvgIpc) is 2.82. The van der Waals surface area contributed by atoms with Gasteiger partial charge in [-0.15, -0.1) is 0 Å². The largest absolute Gasteiger partial charge is 0.497 e. The van der Waals surface area contributed by atoms with Crippen molar-refractivity contribution in [3.63, 3.8) is 0 Å². The van der Waals surface area contributed by atoms with Crippen LogP contribution in [0, 0.1) is 5.82 Å². The minimum Gasteiger partial charge on any atom is -0.497 e. The Morgan fingerprint density at radius 3 is 2.58 bits per heavy atom. The summed E-state index contributed by atoms with van der Waals surface area (Å²) in [6.45, 7) is 1.36. The number of rotatable bonds is 7. The smallest absolute Gasteiger partial charge is 0.324 e. The lowest BCUT2D eigenvalue weighted by Gasteiger charge is -2.36. The lowest BCUT2D eigenvalue weighted by atomic mass is 10.1. The number of hydrogen-bond donors (Lipinski definition) is 1. The van der Waals surface area contributed by atoms with Gasteiger partial charge in [0.25, 0.3) is 0 Å². The van der Waals surface area contributed by atoms with Gasteiger partial charge in [0.05, 0.1) is 20.1 Å². The third kappa shape index (κ3) is 5.49. The zero-order valence-corrected chi connectivity index (χ0v) is 18.5. The number of methoxy groups -OCH3 is 1. The minimum absolute atomic E-state index is 0.150. The molecule has 0 atom stereocenters. The van der Waals surface area contributed by atoms with E-state index >= 15 is 0 Å². The monoisotopic (exact) mass is 447 g/mol. The molecule has 1 fully saturated rings. The fraction of sp³-hybridized carbons (Fsp3) is 0.231. The standard InChI is InChI=1S/C26H26FN3O3/c1-33-23-12-10-19(11-13-23)16-25(31)28-21-7-4-8-22(17-21)30-15-5-14-29(26(30)32)18-20-6-2-3-9-24(20)27/h2-4,6-13,17H,5,14-16,18H2,1H3,(H,28,31).